The molecule has 5 N–H and O–H groups in total. The Bertz CT molecular complexity index is 1460. The second-order valence-electron chi connectivity index (χ2n) is 10.3. The van der Waals surface area contributed by atoms with E-state index in [1.165, 1.54) is 18.3 Å². The first-order valence-electron chi connectivity index (χ1n) is 13.6. The van der Waals surface area contributed by atoms with Gasteiger partial charge in [0.2, 0.25) is 5.91 Å². The Morgan fingerprint density at radius 2 is 2.05 bits per heavy atom. The Kier molecular flexibility index (Phi) is 8.27. The van der Waals surface area contributed by atoms with Crippen molar-refractivity contribution < 1.29 is 13.7 Å². The standard InChI is InChI=1S/C28H35FN8O2S/c1-3-40(39)35-23-8-7-18(13-22(23)29)25-24-26(36(2)34-25)21(16-33-27(24)31)19(14-30)15-32-20-9-11-37(12-10-20)28(38)17-5-4-6-17/h7-8,13-17,20,35H,3-6,9-12,30H2,1-2H3,(H2,31,33). The third-order valence-corrected chi connectivity index (χ3v) is 8.74. The van der Waals surface area contributed by atoms with Gasteiger partial charge in [0.1, 0.15) is 23.0 Å². The molecule has 0 spiro atoms. The lowest BCUT2D eigenvalue weighted by Gasteiger charge is -2.35. The molecule has 1 amide bonds. The number of aryl methyl sites for hydroxylation is 1. The molecule has 0 bridgehead atoms. The normalized spacial score (nSPS) is 17.9. The van der Waals surface area contributed by atoms with E-state index < -0.39 is 17.2 Å². The maximum Gasteiger partial charge on any atom is 0.225 e. The fourth-order valence-electron chi connectivity index (χ4n) is 5.23. The van der Waals surface area contributed by atoms with Gasteiger partial charge in [-0.1, -0.05) is 12.5 Å². The molecular weight excluding hydrogens is 531 g/mol. The molecule has 2 fully saturated rings. The molecule has 5 rings (SSSR count). The van der Waals surface area contributed by atoms with Crippen LogP contribution in [-0.4, -0.2) is 61.2 Å². The van der Waals surface area contributed by atoms with Gasteiger partial charge in [0, 0.05) is 61.4 Å². The molecule has 2 aromatic heterocycles. The zero-order valence-electron chi connectivity index (χ0n) is 22.8. The third-order valence-electron chi connectivity index (χ3n) is 7.77. The van der Waals surface area contributed by atoms with E-state index in [0.29, 0.717) is 45.0 Å². The Balaban J connectivity index is 1.38. The maximum atomic E-state index is 14.9. The minimum atomic E-state index is -1.37. The molecule has 1 aromatic carbocycles. The topological polar surface area (TPSA) is 151 Å². The van der Waals surface area contributed by atoms with Gasteiger partial charge in [0.15, 0.2) is 5.82 Å². The van der Waals surface area contributed by atoms with Crippen LogP contribution >= 0.6 is 0 Å². The van der Waals surface area contributed by atoms with Crippen molar-refractivity contribution in [3.63, 3.8) is 0 Å². The number of piperidine rings is 1. The number of likely N-dealkylation sites (tertiary alicyclic amines) is 1. The summed E-state index contributed by atoms with van der Waals surface area (Å²) in [4.78, 5) is 23.7. The zero-order chi connectivity index (χ0) is 28.4. The third kappa shape index (κ3) is 5.50. The van der Waals surface area contributed by atoms with E-state index in [4.69, 9.17) is 16.5 Å². The van der Waals surface area contributed by atoms with Gasteiger partial charge < -0.3 is 20.9 Å². The monoisotopic (exact) mass is 566 g/mol. The summed E-state index contributed by atoms with van der Waals surface area (Å²) >= 11 is -1.37. The SMILES string of the molecule is CC[S+]([O-])Nc1ccc(-c2nn(C)c3c(C(C=NC4CCN(C(=O)C5CCC5)CC4)=CN)cnc(N)c23)cc1F. The number of hydrogen-bond donors (Lipinski definition) is 3. The predicted octanol–water partition coefficient (Wildman–Crippen LogP) is 3.61. The molecule has 1 unspecified atom stereocenters. The Morgan fingerprint density at radius 3 is 2.67 bits per heavy atom. The van der Waals surface area contributed by atoms with Crippen LogP contribution in [0.5, 0.6) is 0 Å². The number of rotatable bonds is 8. The number of hydrogen-bond acceptors (Lipinski definition) is 8. The number of nitrogens with one attached hydrogen (secondary N) is 1. The summed E-state index contributed by atoms with van der Waals surface area (Å²) in [5.74, 6) is 0.578. The molecule has 1 atom stereocenters. The molecular formula is C28H35FN8O2S. The second-order valence-corrected chi connectivity index (χ2v) is 11.7. The Labute approximate surface area is 236 Å². The number of benzene rings is 1. The number of carbonyl (C=O) groups is 1. The molecule has 0 radical (unpaired) electrons. The molecule has 2 aliphatic rings. The minimum absolute atomic E-state index is 0.0943. The average molecular weight is 567 g/mol. The van der Waals surface area contributed by atoms with Gasteiger partial charge in [-0.25, -0.2) is 14.1 Å². The number of pyridine rings is 1. The number of aliphatic imine (C=N–C) groups is 1. The van der Waals surface area contributed by atoms with Crippen LogP contribution in [0.1, 0.15) is 44.6 Å². The highest BCUT2D eigenvalue weighted by molar-refractivity contribution is 7.92. The molecule has 212 valence electrons. The molecule has 12 heteroatoms. The van der Waals surface area contributed by atoms with Gasteiger partial charge in [0.25, 0.3) is 0 Å². The van der Waals surface area contributed by atoms with Crippen LogP contribution in [0.15, 0.2) is 35.6 Å². The first kappa shape index (κ1) is 27.9. The highest BCUT2D eigenvalue weighted by Gasteiger charge is 2.31. The Hall–Kier alpha value is -3.64. The molecule has 3 aromatic rings. The summed E-state index contributed by atoms with van der Waals surface area (Å²) in [5, 5.41) is 5.22. The number of nitrogens with two attached hydrogens (primary N) is 2. The molecule has 3 heterocycles. The summed E-state index contributed by atoms with van der Waals surface area (Å²) in [5.41, 5.74) is 15.5. The van der Waals surface area contributed by atoms with Crippen molar-refractivity contribution in [1.29, 1.82) is 0 Å². The maximum absolute atomic E-state index is 14.9. The van der Waals surface area contributed by atoms with Crippen molar-refractivity contribution >= 4 is 51.5 Å². The second kappa shape index (κ2) is 11.8. The lowest BCUT2D eigenvalue weighted by atomic mass is 9.84. The number of anilines is 2. The zero-order valence-corrected chi connectivity index (χ0v) is 23.6. The van der Waals surface area contributed by atoms with Crippen molar-refractivity contribution in [2.75, 3.05) is 29.3 Å². The highest BCUT2D eigenvalue weighted by Crippen LogP contribution is 2.36. The number of nitrogen functional groups attached to an aromatic ring is 1. The smallest absolute Gasteiger partial charge is 0.225 e. The summed E-state index contributed by atoms with van der Waals surface area (Å²) in [7, 11) is 1.78. The van der Waals surface area contributed by atoms with Crippen LogP contribution in [0, 0.1) is 11.7 Å². The van der Waals surface area contributed by atoms with E-state index in [-0.39, 0.29) is 23.5 Å². The number of allylic oxidation sites excluding steroid dienone is 1. The number of aromatic nitrogens is 3. The molecule has 1 aliphatic heterocycles. The fourth-order valence-corrected chi connectivity index (χ4v) is 5.78. The van der Waals surface area contributed by atoms with E-state index in [0.717, 1.165) is 45.2 Å². The van der Waals surface area contributed by atoms with Crippen LogP contribution in [0.25, 0.3) is 27.7 Å². The van der Waals surface area contributed by atoms with Crippen LogP contribution in [-0.2, 0) is 23.2 Å². The van der Waals surface area contributed by atoms with Crippen molar-refractivity contribution in [3.8, 4) is 11.3 Å². The number of amides is 1. The molecule has 1 saturated heterocycles. The molecule has 10 nitrogen and oxygen atoms in total. The first-order valence-corrected chi connectivity index (χ1v) is 14.9. The lowest BCUT2D eigenvalue weighted by molar-refractivity contribution is -0.139. The number of carbonyl (C=O) groups excluding carboxylic acids is 1. The van der Waals surface area contributed by atoms with Crippen LogP contribution < -0.4 is 16.2 Å². The van der Waals surface area contributed by atoms with E-state index in [9.17, 15) is 13.7 Å². The van der Waals surface area contributed by atoms with E-state index in [1.54, 1.807) is 37.1 Å². The van der Waals surface area contributed by atoms with Crippen molar-refractivity contribution in [1.82, 2.24) is 19.7 Å². The summed E-state index contributed by atoms with van der Waals surface area (Å²) in [6.07, 6.45) is 9.66. The molecule has 40 heavy (non-hydrogen) atoms. The fraction of sp³-hybridized carbons (Fsp3) is 0.429. The largest absolute Gasteiger partial charge is 0.593 e. The van der Waals surface area contributed by atoms with Gasteiger partial charge in [-0.3, -0.25) is 14.5 Å². The lowest BCUT2D eigenvalue weighted by Crippen LogP contribution is -2.44. The van der Waals surface area contributed by atoms with E-state index in [1.807, 2.05) is 4.90 Å². The summed E-state index contributed by atoms with van der Waals surface area (Å²) in [6, 6.07) is 4.67. The number of fused-ring (bicyclic) bond motifs is 1. The average Bonchev–Trinajstić information content (AvgIpc) is 3.28. The first-order chi connectivity index (χ1) is 19.3. The van der Waals surface area contributed by atoms with Crippen LogP contribution in [0.3, 0.4) is 0 Å². The summed E-state index contributed by atoms with van der Waals surface area (Å²) in [6.45, 7) is 3.19. The van der Waals surface area contributed by atoms with E-state index >= 15 is 0 Å². The van der Waals surface area contributed by atoms with Gasteiger partial charge in [-0.2, -0.15) is 5.10 Å². The van der Waals surface area contributed by atoms with Crippen LogP contribution in [0.4, 0.5) is 15.9 Å². The van der Waals surface area contributed by atoms with Crippen molar-refractivity contribution in [3.05, 3.63) is 42.0 Å². The van der Waals surface area contributed by atoms with Gasteiger partial charge in [-0.15, -0.1) is 0 Å². The highest BCUT2D eigenvalue weighted by atomic mass is 32.2. The van der Waals surface area contributed by atoms with Gasteiger partial charge in [0.05, 0.1) is 28.3 Å². The van der Waals surface area contributed by atoms with Crippen molar-refractivity contribution in [2.24, 2.45) is 23.7 Å². The number of nitrogens with zero attached hydrogens (tertiary/aromatic N) is 5. The molecule has 1 aliphatic carbocycles. The van der Waals surface area contributed by atoms with Gasteiger partial charge >= 0.3 is 0 Å². The molecule has 1 saturated carbocycles. The Morgan fingerprint density at radius 1 is 1.30 bits per heavy atom. The quantitative estimate of drug-likeness (QED) is 0.278. The van der Waals surface area contributed by atoms with Crippen LogP contribution in [0.2, 0.25) is 0 Å². The predicted molar refractivity (Wildman–Crippen MR) is 158 cm³/mol. The number of halogens is 1. The summed E-state index contributed by atoms with van der Waals surface area (Å²) < 4.78 is 31.0. The van der Waals surface area contributed by atoms with E-state index in [2.05, 4.69) is 14.8 Å². The van der Waals surface area contributed by atoms with Gasteiger partial charge in [-0.05, 0) is 44.7 Å². The van der Waals surface area contributed by atoms with Crippen molar-refractivity contribution in [2.45, 2.75) is 45.1 Å². The minimum Gasteiger partial charge on any atom is -0.593 e.